The van der Waals surface area contributed by atoms with Crippen LogP contribution in [0.15, 0.2) is 11.6 Å². The molecule has 5 atom stereocenters. The Balaban J connectivity index is 1.84. The molecule has 0 bridgehead atoms. The Morgan fingerprint density at radius 2 is 1.96 bits per heavy atom. The molecule has 0 aromatic heterocycles. The third kappa shape index (κ3) is 2.70. The average molecular weight is 320 g/mol. The van der Waals surface area contributed by atoms with Crippen LogP contribution in [0.1, 0.15) is 66.7 Å². The number of aliphatic hydroxyl groups excluding tert-OH is 1. The van der Waals surface area contributed by atoms with Crippen molar-refractivity contribution in [3.8, 4) is 0 Å². The van der Waals surface area contributed by atoms with E-state index in [4.69, 9.17) is 4.74 Å². The predicted octanol–water partition coefficient (Wildman–Crippen LogP) is 3.89. The SMILES string of the molecule is CC1=CC(=O)[C@@H]2C(C)(C)CCC[C@]2(C)[C@H]1CC[C@]1(C)O[C@H]1CO. The van der Waals surface area contributed by atoms with E-state index in [9.17, 15) is 9.90 Å². The van der Waals surface area contributed by atoms with E-state index in [0.29, 0.717) is 11.7 Å². The van der Waals surface area contributed by atoms with Gasteiger partial charge in [-0.3, -0.25) is 4.79 Å². The van der Waals surface area contributed by atoms with E-state index in [2.05, 4.69) is 34.6 Å². The van der Waals surface area contributed by atoms with E-state index in [1.807, 2.05) is 6.08 Å². The van der Waals surface area contributed by atoms with Crippen LogP contribution in [-0.4, -0.2) is 29.2 Å². The van der Waals surface area contributed by atoms with Gasteiger partial charge in [0.2, 0.25) is 0 Å². The van der Waals surface area contributed by atoms with Crippen molar-refractivity contribution in [2.45, 2.75) is 78.4 Å². The summed E-state index contributed by atoms with van der Waals surface area (Å²) in [6.45, 7) is 11.2. The maximum Gasteiger partial charge on any atom is 0.159 e. The van der Waals surface area contributed by atoms with Gasteiger partial charge in [-0.2, -0.15) is 0 Å². The molecule has 130 valence electrons. The molecule has 0 amide bonds. The first-order chi connectivity index (χ1) is 10.6. The maximum atomic E-state index is 12.8. The Morgan fingerprint density at radius 3 is 2.57 bits per heavy atom. The molecule has 1 aliphatic heterocycles. The number of ether oxygens (including phenoxy) is 1. The first kappa shape index (κ1) is 17.2. The second kappa shape index (κ2) is 5.42. The molecule has 3 aliphatic rings. The van der Waals surface area contributed by atoms with Crippen LogP contribution < -0.4 is 0 Å². The highest BCUT2D eigenvalue weighted by molar-refractivity contribution is 5.94. The maximum absolute atomic E-state index is 12.8. The van der Waals surface area contributed by atoms with Gasteiger partial charge in [-0.05, 0) is 62.4 Å². The zero-order chi connectivity index (χ0) is 17.0. The highest BCUT2D eigenvalue weighted by Crippen LogP contribution is 2.60. The van der Waals surface area contributed by atoms with Crippen molar-refractivity contribution in [3.63, 3.8) is 0 Å². The molecule has 3 heteroatoms. The fourth-order valence-electron chi connectivity index (χ4n) is 5.85. The second-order valence-corrected chi connectivity index (χ2v) is 9.26. The minimum Gasteiger partial charge on any atom is -0.394 e. The molecule has 23 heavy (non-hydrogen) atoms. The summed E-state index contributed by atoms with van der Waals surface area (Å²) in [6.07, 6.45) is 7.43. The van der Waals surface area contributed by atoms with E-state index in [-0.39, 0.29) is 35.1 Å². The number of epoxide rings is 1. The molecular weight excluding hydrogens is 288 g/mol. The van der Waals surface area contributed by atoms with Gasteiger partial charge >= 0.3 is 0 Å². The smallest absolute Gasteiger partial charge is 0.159 e. The highest BCUT2D eigenvalue weighted by Gasteiger charge is 2.57. The Hall–Kier alpha value is -0.670. The number of allylic oxidation sites excluding steroid dienone is 2. The quantitative estimate of drug-likeness (QED) is 0.799. The van der Waals surface area contributed by atoms with Gasteiger partial charge in [-0.25, -0.2) is 0 Å². The number of carbonyl (C=O) groups excluding carboxylic acids is 1. The van der Waals surface area contributed by atoms with Crippen LogP contribution in [0.3, 0.4) is 0 Å². The summed E-state index contributed by atoms with van der Waals surface area (Å²) >= 11 is 0. The summed E-state index contributed by atoms with van der Waals surface area (Å²) in [6, 6.07) is 0. The van der Waals surface area contributed by atoms with Crippen molar-refractivity contribution in [1.82, 2.24) is 0 Å². The van der Waals surface area contributed by atoms with Crippen molar-refractivity contribution >= 4 is 5.78 Å². The van der Waals surface area contributed by atoms with E-state index in [1.54, 1.807) is 0 Å². The molecule has 0 unspecified atom stereocenters. The molecule has 3 nitrogen and oxygen atoms in total. The minimum absolute atomic E-state index is 0.00316. The molecule has 0 aromatic carbocycles. The van der Waals surface area contributed by atoms with Crippen molar-refractivity contribution < 1.29 is 14.6 Å². The monoisotopic (exact) mass is 320 g/mol. The lowest BCUT2D eigenvalue weighted by Crippen LogP contribution is -2.52. The summed E-state index contributed by atoms with van der Waals surface area (Å²) in [7, 11) is 0. The van der Waals surface area contributed by atoms with Gasteiger partial charge in [0.25, 0.3) is 0 Å². The number of carbonyl (C=O) groups is 1. The van der Waals surface area contributed by atoms with Gasteiger partial charge in [0.1, 0.15) is 6.10 Å². The third-order valence-electron chi connectivity index (χ3n) is 7.11. The van der Waals surface area contributed by atoms with Crippen LogP contribution >= 0.6 is 0 Å². The molecule has 3 rings (SSSR count). The average Bonchev–Trinajstić information content (AvgIpc) is 3.07. The number of hydrogen-bond donors (Lipinski definition) is 1. The molecule has 2 fully saturated rings. The van der Waals surface area contributed by atoms with Gasteiger partial charge in [0.15, 0.2) is 5.78 Å². The standard InChI is InChI=1S/C20H32O3/c1-13-11-15(22)17-18(2,3)8-6-9-19(17,4)14(13)7-10-20(5)16(12-21)23-20/h11,14,16-17,21H,6-10,12H2,1-5H3/t14-,16-,17+,19+,20-/m0/s1. The van der Waals surface area contributed by atoms with Crippen molar-refractivity contribution in [2.24, 2.45) is 22.7 Å². The van der Waals surface area contributed by atoms with Crippen molar-refractivity contribution in [1.29, 1.82) is 0 Å². The third-order valence-corrected chi connectivity index (χ3v) is 7.11. The van der Waals surface area contributed by atoms with Crippen LogP contribution in [0.5, 0.6) is 0 Å². The minimum atomic E-state index is -0.160. The molecule has 2 aliphatic carbocycles. The molecular formula is C20H32O3. The van der Waals surface area contributed by atoms with Gasteiger partial charge < -0.3 is 9.84 Å². The van der Waals surface area contributed by atoms with Gasteiger partial charge in [0, 0.05) is 5.92 Å². The number of fused-ring (bicyclic) bond motifs is 1. The Kier molecular flexibility index (Phi) is 4.04. The van der Waals surface area contributed by atoms with Crippen LogP contribution in [0.25, 0.3) is 0 Å². The fourth-order valence-corrected chi connectivity index (χ4v) is 5.85. The zero-order valence-electron chi connectivity index (χ0n) is 15.3. The Bertz CT molecular complexity index is 535. The molecule has 1 heterocycles. The molecule has 0 spiro atoms. The summed E-state index contributed by atoms with van der Waals surface area (Å²) in [5.41, 5.74) is 1.24. The largest absolute Gasteiger partial charge is 0.394 e. The lowest BCUT2D eigenvalue weighted by atomic mass is 9.48. The van der Waals surface area contributed by atoms with E-state index in [1.165, 1.54) is 12.0 Å². The lowest BCUT2D eigenvalue weighted by Gasteiger charge is -2.55. The number of hydrogen-bond acceptors (Lipinski definition) is 3. The number of aliphatic hydroxyl groups is 1. The van der Waals surface area contributed by atoms with Crippen molar-refractivity contribution in [2.75, 3.05) is 6.61 Å². The van der Waals surface area contributed by atoms with Gasteiger partial charge in [-0.1, -0.05) is 32.8 Å². The van der Waals surface area contributed by atoms with Crippen LogP contribution in [0.2, 0.25) is 0 Å². The number of ketones is 1. The summed E-state index contributed by atoms with van der Waals surface area (Å²) < 4.78 is 5.67. The lowest BCUT2D eigenvalue weighted by molar-refractivity contribution is -0.136. The topological polar surface area (TPSA) is 49.8 Å². The molecule has 0 aromatic rings. The summed E-state index contributed by atoms with van der Waals surface area (Å²) in [5, 5.41) is 9.29. The van der Waals surface area contributed by atoms with Crippen molar-refractivity contribution in [3.05, 3.63) is 11.6 Å². The molecule has 1 saturated heterocycles. The van der Waals surface area contributed by atoms with Crippen LogP contribution in [0, 0.1) is 22.7 Å². The first-order valence-electron chi connectivity index (χ1n) is 9.15. The highest BCUT2D eigenvalue weighted by atomic mass is 16.6. The van der Waals surface area contributed by atoms with Gasteiger partial charge in [0.05, 0.1) is 12.2 Å². The first-order valence-corrected chi connectivity index (χ1v) is 9.15. The Labute approximate surface area is 140 Å². The number of rotatable bonds is 4. The molecule has 1 saturated carbocycles. The van der Waals surface area contributed by atoms with E-state index in [0.717, 1.165) is 25.7 Å². The zero-order valence-corrected chi connectivity index (χ0v) is 15.3. The predicted molar refractivity (Wildman–Crippen MR) is 91.1 cm³/mol. The van der Waals surface area contributed by atoms with E-state index >= 15 is 0 Å². The summed E-state index contributed by atoms with van der Waals surface area (Å²) in [4.78, 5) is 12.8. The normalized spacial score (nSPS) is 45.4. The molecule has 1 N–H and O–H groups in total. The van der Waals surface area contributed by atoms with Crippen LogP contribution in [-0.2, 0) is 9.53 Å². The molecule has 0 radical (unpaired) electrons. The second-order valence-electron chi connectivity index (χ2n) is 9.26. The summed E-state index contributed by atoms with van der Waals surface area (Å²) in [5.74, 6) is 0.928. The fraction of sp³-hybridized carbons (Fsp3) is 0.850. The van der Waals surface area contributed by atoms with Crippen LogP contribution in [0.4, 0.5) is 0 Å². The Morgan fingerprint density at radius 1 is 1.26 bits per heavy atom. The van der Waals surface area contributed by atoms with Gasteiger partial charge in [-0.15, -0.1) is 0 Å². The van der Waals surface area contributed by atoms with E-state index < -0.39 is 0 Å².